The summed E-state index contributed by atoms with van der Waals surface area (Å²) in [6, 6.07) is 11.3. The lowest BCUT2D eigenvalue weighted by molar-refractivity contribution is 0.0902. The molecule has 0 unspecified atom stereocenters. The van der Waals surface area contributed by atoms with Gasteiger partial charge in [-0.05, 0) is 18.4 Å². The molecule has 0 aliphatic heterocycles. The second-order valence-electron chi connectivity index (χ2n) is 6.12. The van der Waals surface area contributed by atoms with E-state index in [4.69, 9.17) is 9.88 Å². The van der Waals surface area contributed by atoms with E-state index in [0.717, 1.165) is 42.6 Å². The van der Waals surface area contributed by atoms with Crippen molar-refractivity contribution in [1.82, 2.24) is 5.32 Å². The van der Waals surface area contributed by atoms with Gasteiger partial charge < -0.3 is 10.1 Å². The van der Waals surface area contributed by atoms with Crippen LogP contribution < -0.4 is 15.2 Å². The maximum Gasteiger partial charge on any atom is 0.262 e. The Morgan fingerprint density at radius 1 is 1.24 bits per heavy atom. The van der Waals surface area contributed by atoms with Crippen molar-refractivity contribution in [2.45, 2.75) is 35.4 Å². The van der Waals surface area contributed by atoms with Crippen molar-refractivity contribution in [2.75, 3.05) is 7.11 Å². The van der Waals surface area contributed by atoms with Crippen LogP contribution in [0.25, 0.3) is 0 Å². The molecule has 1 aromatic carbocycles. The first-order valence-electron chi connectivity index (χ1n) is 7.94. The number of amides is 1. The van der Waals surface area contributed by atoms with Gasteiger partial charge in [0.15, 0.2) is 9.96 Å². The Kier molecular flexibility index (Phi) is 4.86. The maximum atomic E-state index is 12.8. The standard InChI is InChI=1S/C17H20N2O4S2/c1-23-13-11-14(24-16(13)25(18,21)22)15(20)19-17(9-5-6-10-17)12-7-3-2-4-8-12/h2-4,7-8,11H,5-6,9-10H2,1H3,(H,19,20)(H2,18,21,22). The summed E-state index contributed by atoms with van der Waals surface area (Å²) in [5.41, 5.74) is 0.646. The van der Waals surface area contributed by atoms with Crippen LogP contribution in [0.3, 0.4) is 0 Å². The Labute approximate surface area is 151 Å². The SMILES string of the molecule is COc1cc(C(=O)NC2(c3ccccc3)CCCC2)sc1S(N)(=O)=O. The molecule has 6 nitrogen and oxygen atoms in total. The molecule has 1 aliphatic rings. The highest BCUT2D eigenvalue weighted by Crippen LogP contribution is 2.40. The molecule has 1 heterocycles. The summed E-state index contributed by atoms with van der Waals surface area (Å²) in [6.07, 6.45) is 3.78. The molecule has 1 fully saturated rings. The first-order chi connectivity index (χ1) is 11.9. The molecular formula is C17H20N2O4S2. The Hall–Kier alpha value is -1.90. The topological polar surface area (TPSA) is 98.5 Å². The van der Waals surface area contributed by atoms with E-state index in [9.17, 15) is 13.2 Å². The molecule has 0 spiro atoms. The number of benzene rings is 1. The zero-order valence-electron chi connectivity index (χ0n) is 13.8. The largest absolute Gasteiger partial charge is 0.494 e. The van der Waals surface area contributed by atoms with Gasteiger partial charge in [-0.25, -0.2) is 13.6 Å². The van der Waals surface area contributed by atoms with Crippen LogP contribution in [0.2, 0.25) is 0 Å². The second-order valence-corrected chi connectivity index (χ2v) is 8.93. The minimum Gasteiger partial charge on any atom is -0.494 e. The number of rotatable bonds is 5. The van der Waals surface area contributed by atoms with Crippen molar-refractivity contribution in [1.29, 1.82) is 0 Å². The van der Waals surface area contributed by atoms with E-state index in [1.807, 2.05) is 30.3 Å². The number of methoxy groups -OCH3 is 1. The van der Waals surface area contributed by atoms with Gasteiger partial charge in [0, 0.05) is 6.07 Å². The fourth-order valence-corrected chi connectivity index (χ4v) is 5.22. The van der Waals surface area contributed by atoms with Crippen molar-refractivity contribution in [3.63, 3.8) is 0 Å². The molecular weight excluding hydrogens is 360 g/mol. The van der Waals surface area contributed by atoms with Crippen LogP contribution in [0.4, 0.5) is 0 Å². The third kappa shape index (κ3) is 3.56. The highest BCUT2D eigenvalue weighted by Gasteiger charge is 2.37. The van der Waals surface area contributed by atoms with E-state index < -0.39 is 15.6 Å². The number of carbonyl (C=O) groups excluding carboxylic acids is 1. The molecule has 0 saturated heterocycles. The van der Waals surface area contributed by atoms with Gasteiger partial charge in [0.1, 0.15) is 0 Å². The molecule has 8 heteroatoms. The molecule has 134 valence electrons. The molecule has 0 radical (unpaired) electrons. The van der Waals surface area contributed by atoms with E-state index >= 15 is 0 Å². The number of nitrogens with two attached hydrogens (primary N) is 1. The van der Waals surface area contributed by atoms with Crippen LogP contribution >= 0.6 is 11.3 Å². The summed E-state index contributed by atoms with van der Waals surface area (Å²) in [4.78, 5) is 13.1. The number of ether oxygens (including phenoxy) is 1. The summed E-state index contributed by atoms with van der Waals surface area (Å²) in [5.74, 6) is -0.221. The van der Waals surface area contributed by atoms with Crippen LogP contribution in [-0.2, 0) is 15.6 Å². The van der Waals surface area contributed by atoms with Crippen LogP contribution in [0, 0.1) is 0 Å². The molecule has 3 rings (SSSR count). The van der Waals surface area contributed by atoms with Gasteiger partial charge in [-0.15, -0.1) is 11.3 Å². The normalized spacial score (nSPS) is 16.6. The number of carbonyl (C=O) groups is 1. The van der Waals surface area contributed by atoms with Crippen LogP contribution in [0.15, 0.2) is 40.6 Å². The fourth-order valence-electron chi connectivity index (χ4n) is 3.31. The number of nitrogens with one attached hydrogen (secondary N) is 1. The van der Waals surface area contributed by atoms with Gasteiger partial charge in [0.05, 0.1) is 17.5 Å². The van der Waals surface area contributed by atoms with E-state index in [-0.39, 0.29) is 20.7 Å². The smallest absolute Gasteiger partial charge is 0.262 e. The van der Waals surface area contributed by atoms with E-state index in [1.165, 1.54) is 13.2 Å². The summed E-state index contributed by atoms with van der Waals surface area (Å²) < 4.78 is 28.2. The first-order valence-corrected chi connectivity index (χ1v) is 10.3. The zero-order chi connectivity index (χ0) is 18.1. The minimum absolute atomic E-state index is 0.0952. The lowest BCUT2D eigenvalue weighted by Crippen LogP contribution is -2.43. The molecule has 1 aliphatic carbocycles. The minimum atomic E-state index is -3.94. The maximum absolute atomic E-state index is 12.8. The Morgan fingerprint density at radius 2 is 1.88 bits per heavy atom. The zero-order valence-corrected chi connectivity index (χ0v) is 15.5. The van der Waals surface area contributed by atoms with Crippen LogP contribution in [0.1, 0.15) is 40.9 Å². The predicted octanol–water partition coefficient (Wildman–Crippen LogP) is 2.60. The number of sulfonamides is 1. The number of hydrogen-bond acceptors (Lipinski definition) is 5. The highest BCUT2D eigenvalue weighted by molar-refractivity contribution is 7.91. The van der Waals surface area contributed by atoms with Gasteiger partial charge in [-0.3, -0.25) is 4.79 Å². The average Bonchev–Trinajstić information content (AvgIpc) is 3.22. The third-order valence-corrected chi connectivity index (χ3v) is 7.08. The Balaban J connectivity index is 1.92. The van der Waals surface area contributed by atoms with Crippen molar-refractivity contribution >= 4 is 27.3 Å². The van der Waals surface area contributed by atoms with Crippen LogP contribution in [-0.4, -0.2) is 21.4 Å². The number of primary sulfonamides is 1. The van der Waals surface area contributed by atoms with Gasteiger partial charge in [0.2, 0.25) is 0 Å². The quantitative estimate of drug-likeness (QED) is 0.833. The highest BCUT2D eigenvalue weighted by atomic mass is 32.2. The number of thiophene rings is 1. The number of hydrogen-bond donors (Lipinski definition) is 2. The monoisotopic (exact) mass is 380 g/mol. The van der Waals surface area contributed by atoms with Crippen molar-refractivity contribution in [3.8, 4) is 5.75 Å². The van der Waals surface area contributed by atoms with Gasteiger partial charge in [-0.1, -0.05) is 43.2 Å². The van der Waals surface area contributed by atoms with E-state index in [0.29, 0.717) is 0 Å². The average molecular weight is 380 g/mol. The summed E-state index contributed by atoms with van der Waals surface area (Å²) in [5, 5.41) is 8.32. The lowest BCUT2D eigenvalue weighted by Gasteiger charge is -2.31. The summed E-state index contributed by atoms with van der Waals surface area (Å²) >= 11 is 0.826. The molecule has 0 bridgehead atoms. The molecule has 1 saturated carbocycles. The van der Waals surface area contributed by atoms with Crippen molar-refractivity contribution < 1.29 is 17.9 Å². The van der Waals surface area contributed by atoms with E-state index in [1.54, 1.807) is 0 Å². The first kappa shape index (κ1) is 17.9. The van der Waals surface area contributed by atoms with Gasteiger partial charge >= 0.3 is 0 Å². The van der Waals surface area contributed by atoms with Gasteiger partial charge in [-0.2, -0.15) is 0 Å². The van der Waals surface area contributed by atoms with Crippen molar-refractivity contribution in [3.05, 3.63) is 46.8 Å². The fraction of sp³-hybridized carbons (Fsp3) is 0.353. The second kappa shape index (κ2) is 6.78. The van der Waals surface area contributed by atoms with Crippen molar-refractivity contribution in [2.24, 2.45) is 5.14 Å². The van der Waals surface area contributed by atoms with Gasteiger partial charge in [0.25, 0.3) is 15.9 Å². The molecule has 1 aromatic heterocycles. The lowest BCUT2D eigenvalue weighted by atomic mass is 9.88. The van der Waals surface area contributed by atoms with E-state index in [2.05, 4.69) is 5.32 Å². The molecule has 2 aromatic rings. The summed E-state index contributed by atoms with van der Waals surface area (Å²) in [7, 11) is -2.59. The molecule has 25 heavy (non-hydrogen) atoms. The predicted molar refractivity (Wildman–Crippen MR) is 96.3 cm³/mol. The Bertz CT molecular complexity index is 869. The third-order valence-electron chi connectivity index (χ3n) is 4.50. The van der Waals surface area contributed by atoms with Crippen LogP contribution in [0.5, 0.6) is 5.75 Å². The molecule has 0 atom stereocenters. The molecule has 3 N–H and O–H groups in total. The molecule has 1 amide bonds. The Morgan fingerprint density at radius 3 is 2.40 bits per heavy atom. The summed E-state index contributed by atoms with van der Waals surface area (Å²) in [6.45, 7) is 0.